The molecule has 0 aliphatic heterocycles. The van der Waals surface area contributed by atoms with Crippen LogP contribution in [-0.4, -0.2) is 48.8 Å². The Morgan fingerprint density at radius 3 is 2.43 bits per heavy atom. The zero-order valence-electron chi connectivity index (χ0n) is 21.7. The molecule has 1 aliphatic carbocycles. The fourth-order valence-electron chi connectivity index (χ4n) is 4.55. The van der Waals surface area contributed by atoms with Crippen molar-refractivity contribution in [3.05, 3.63) is 58.1 Å². The fourth-order valence-corrected chi connectivity index (χ4v) is 4.55. The minimum Gasteiger partial charge on any atom is -0.493 e. The monoisotopic (exact) mass is 507 g/mol. The zero-order valence-corrected chi connectivity index (χ0v) is 21.7. The van der Waals surface area contributed by atoms with Crippen molar-refractivity contribution in [2.45, 2.75) is 58.0 Å². The van der Waals surface area contributed by atoms with E-state index in [1.807, 2.05) is 18.2 Å². The van der Waals surface area contributed by atoms with Gasteiger partial charge in [0, 0.05) is 11.5 Å². The van der Waals surface area contributed by atoms with Crippen LogP contribution in [0, 0.1) is 0 Å². The molecule has 0 amide bonds. The van der Waals surface area contributed by atoms with E-state index in [1.54, 1.807) is 38.3 Å². The Bertz CT molecular complexity index is 1320. The second-order valence-electron chi connectivity index (χ2n) is 9.27. The molecule has 0 radical (unpaired) electrons. The van der Waals surface area contributed by atoms with Gasteiger partial charge in [0.2, 0.25) is 5.75 Å². The number of rotatable bonds is 9. The Balaban J connectivity index is 1.70. The van der Waals surface area contributed by atoms with Gasteiger partial charge in [0.1, 0.15) is 5.82 Å². The van der Waals surface area contributed by atoms with Crippen LogP contribution in [0.25, 0.3) is 10.9 Å². The molecule has 37 heavy (non-hydrogen) atoms. The highest BCUT2D eigenvalue weighted by Crippen LogP contribution is 2.38. The van der Waals surface area contributed by atoms with Crippen LogP contribution >= 0.6 is 0 Å². The van der Waals surface area contributed by atoms with Crippen LogP contribution in [0.1, 0.15) is 63.3 Å². The number of aromatic nitrogens is 2. The van der Waals surface area contributed by atoms with Gasteiger partial charge in [-0.3, -0.25) is 4.79 Å². The SMILES string of the molecule is COc1cc(C=Nn2c(C3CCCCC3)nc3ccccc3c2=O)cc(OC)c1OCC(=O)OC(C)C. The van der Waals surface area contributed by atoms with Gasteiger partial charge < -0.3 is 18.9 Å². The second kappa shape index (κ2) is 11.9. The number of nitrogens with zero attached hydrogens (tertiary/aromatic N) is 3. The van der Waals surface area contributed by atoms with E-state index in [-0.39, 0.29) is 29.9 Å². The third kappa shape index (κ3) is 6.10. The summed E-state index contributed by atoms with van der Waals surface area (Å²) in [5.41, 5.74) is 1.10. The molecule has 2 aromatic carbocycles. The van der Waals surface area contributed by atoms with Gasteiger partial charge in [-0.15, -0.1) is 0 Å². The molecular formula is C28H33N3O6. The summed E-state index contributed by atoms with van der Waals surface area (Å²) in [7, 11) is 2.99. The molecule has 0 spiro atoms. The van der Waals surface area contributed by atoms with E-state index in [2.05, 4.69) is 5.10 Å². The number of fused-ring (bicyclic) bond motifs is 1. The molecule has 9 nitrogen and oxygen atoms in total. The Morgan fingerprint density at radius 2 is 1.78 bits per heavy atom. The van der Waals surface area contributed by atoms with E-state index < -0.39 is 5.97 Å². The van der Waals surface area contributed by atoms with Crippen molar-refractivity contribution < 1.29 is 23.7 Å². The summed E-state index contributed by atoms with van der Waals surface area (Å²) in [5.74, 6) is 1.35. The summed E-state index contributed by atoms with van der Waals surface area (Å²) in [6.45, 7) is 3.24. The lowest BCUT2D eigenvalue weighted by atomic mass is 9.88. The first-order valence-corrected chi connectivity index (χ1v) is 12.6. The summed E-state index contributed by atoms with van der Waals surface area (Å²) >= 11 is 0. The summed E-state index contributed by atoms with van der Waals surface area (Å²) in [4.78, 5) is 30.2. The average Bonchev–Trinajstić information content (AvgIpc) is 2.91. The third-order valence-electron chi connectivity index (χ3n) is 6.26. The molecule has 4 rings (SSSR count). The standard InChI is InChI=1S/C28H33N3O6/c1-18(2)37-25(32)17-36-26-23(34-3)14-19(15-24(26)35-4)16-29-31-27(20-10-6-5-7-11-20)30-22-13-9-8-12-21(22)28(31)33/h8-9,12-16,18,20H,5-7,10-11,17H2,1-4H3. The van der Waals surface area contributed by atoms with Gasteiger partial charge in [0.05, 0.1) is 37.4 Å². The van der Waals surface area contributed by atoms with Crippen molar-refractivity contribution >= 4 is 23.1 Å². The molecule has 0 unspecified atom stereocenters. The van der Waals surface area contributed by atoms with E-state index in [0.29, 0.717) is 33.8 Å². The van der Waals surface area contributed by atoms with E-state index in [9.17, 15) is 9.59 Å². The molecular weight excluding hydrogens is 474 g/mol. The number of carbonyl (C=O) groups excluding carboxylic acids is 1. The molecule has 3 aromatic rings. The predicted octanol–water partition coefficient (Wildman–Crippen LogP) is 4.67. The van der Waals surface area contributed by atoms with Crippen LogP contribution in [0.3, 0.4) is 0 Å². The lowest BCUT2D eigenvalue weighted by Crippen LogP contribution is -2.25. The third-order valence-corrected chi connectivity index (χ3v) is 6.26. The Kier molecular flexibility index (Phi) is 8.43. The Hall–Kier alpha value is -3.88. The molecule has 0 N–H and O–H groups in total. The molecule has 0 atom stereocenters. The number of hydrogen-bond donors (Lipinski definition) is 0. The van der Waals surface area contributed by atoms with E-state index in [1.165, 1.54) is 25.3 Å². The van der Waals surface area contributed by atoms with Crippen LogP contribution in [0.2, 0.25) is 0 Å². The van der Waals surface area contributed by atoms with Crippen molar-refractivity contribution in [3.8, 4) is 17.2 Å². The van der Waals surface area contributed by atoms with Gasteiger partial charge in [-0.05, 0) is 51.0 Å². The quantitative estimate of drug-likeness (QED) is 0.306. The van der Waals surface area contributed by atoms with Crippen LogP contribution in [0.5, 0.6) is 17.2 Å². The molecule has 196 valence electrons. The number of esters is 1. The maximum Gasteiger partial charge on any atom is 0.344 e. The predicted molar refractivity (Wildman–Crippen MR) is 141 cm³/mol. The Labute approximate surface area is 216 Å². The van der Waals surface area contributed by atoms with Crippen molar-refractivity contribution in [1.82, 2.24) is 9.66 Å². The maximum absolute atomic E-state index is 13.4. The van der Waals surface area contributed by atoms with Crippen LogP contribution in [0.15, 0.2) is 46.3 Å². The second-order valence-corrected chi connectivity index (χ2v) is 9.27. The number of benzene rings is 2. The number of ether oxygens (including phenoxy) is 4. The first-order valence-electron chi connectivity index (χ1n) is 12.6. The highest BCUT2D eigenvalue weighted by atomic mass is 16.6. The first-order chi connectivity index (χ1) is 17.9. The van der Waals surface area contributed by atoms with E-state index in [4.69, 9.17) is 23.9 Å². The number of hydrogen-bond acceptors (Lipinski definition) is 8. The lowest BCUT2D eigenvalue weighted by molar-refractivity contribution is -0.149. The van der Waals surface area contributed by atoms with E-state index in [0.717, 1.165) is 25.7 Å². The molecule has 1 aromatic heterocycles. The van der Waals surface area contributed by atoms with E-state index >= 15 is 0 Å². The molecule has 0 bridgehead atoms. The summed E-state index contributed by atoms with van der Waals surface area (Å²) in [6, 6.07) is 10.7. The minimum absolute atomic E-state index is 0.175. The first kappa shape index (κ1) is 26.2. The molecule has 1 saturated carbocycles. The summed E-state index contributed by atoms with van der Waals surface area (Å²) < 4.78 is 23.2. The molecule has 1 aliphatic rings. The number of carbonyl (C=O) groups is 1. The van der Waals surface area contributed by atoms with Crippen molar-refractivity contribution in [2.75, 3.05) is 20.8 Å². The normalized spacial score (nSPS) is 14.3. The smallest absolute Gasteiger partial charge is 0.344 e. The largest absolute Gasteiger partial charge is 0.493 e. The van der Waals surface area contributed by atoms with Crippen molar-refractivity contribution in [2.24, 2.45) is 5.10 Å². The summed E-state index contributed by atoms with van der Waals surface area (Å²) in [5, 5.41) is 5.10. The highest BCUT2D eigenvalue weighted by molar-refractivity contribution is 5.83. The van der Waals surface area contributed by atoms with Gasteiger partial charge in [0.15, 0.2) is 18.1 Å². The average molecular weight is 508 g/mol. The topological polar surface area (TPSA) is 101 Å². The van der Waals surface area contributed by atoms with Gasteiger partial charge in [0.25, 0.3) is 5.56 Å². The van der Waals surface area contributed by atoms with Gasteiger partial charge >= 0.3 is 5.97 Å². The van der Waals surface area contributed by atoms with Crippen LogP contribution in [-0.2, 0) is 9.53 Å². The fraction of sp³-hybridized carbons (Fsp3) is 0.429. The molecule has 1 heterocycles. The van der Waals surface area contributed by atoms with Gasteiger partial charge in [-0.1, -0.05) is 31.4 Å². The van der Waals surface area contributed by atoms with Gasteiger partial charge in [-0.2, -0.15) is 9.78 Å². The van der Waals surface area contributed by atoms with Gasteiger partial charge in [-0.25, -0.2) is 9.78 Å². The lowest BCUT2D eigenvalue weighted by Gasteiger charge is -2.22. The van der Waals surface area contributed by atoms with Crippen molar-refractivity contribution in [3.63, 3.8) is 0 Å². The molecule has 9 heteroatoms. The van der Waals surface area contributed by atoms with Crippen LogP contribution in [0.4, 0.5) is 0 Å². The molecule has 1 fully saturated rings. The number of para-hydroxylation sites is 1. The zero-order chi connectivity index (χ0) is 26.4. The van der Waals surface area contributed by atoms with Crippen LogP contribution < -0.4 is 19.8 Å². The summed E-state index contributed by atoms with van der Waals surface area (Å²) in [6.07, 6.45) is 6.70. The molecule has 0 saturated heterocycles. The number of methoxy groups -OCH3 is 2. The minimum atomic E-state index is -0.497. The maximum atomic E-state index is 13.4. The highest BCUT2D eigenvalue weighted by Gasteiger charge is 2.22. The van der Waals surface area contributed by atoms with Crippen molar-refractivity contribution in [1.29, 1.82) is 0 Å². The Morgan fingerprint density at radius 1 is 1.11 bits per heavy atom.